The number of nitrogens with zero attached hydrogens (tertiary/aromatic N) is 2. The van der Waals surface area contributed by atoms with Gasteiger partial charge < -0.3 is 19.2 Å². The van der Waals surface area contributed by atoms with Gasteiger partial charge in [-0.05, 0) is 101 Å². The maximum Gasteiger partial charge on any atom is 0.455 e. The summed E-state index contributed by atoms with van der Waals surface area (Å²) in [5.74, 6) is -1.31. The summed E-state index contributed by atoms with van der Waals surface area (Å²) < 4.78 is 14.1. The number of imide groups is 1. The molecule has 4 aromatic rings. The molecule has 2 amide bonds. The number of carbonyl (C=O) groups excluding carboxylic acids is 2. The zero-order valence-electron chi connectivity index (χ0n) is 36.2. The number of benzene rings is 4. The van der Waals surface area contributed by atoms with Gasteiger partial charge in [-0.3, -0.25) is 19.4 Å². The summed E-state index contributed by atoms with van der Waals surface area (Å²) in [6.45, 7) is 11.8. The molecule has 318 valence electrons. The molecule has 3 aliphatic heterocycles. The first-order chi connectivity index (χ1) is 29.5. The third-order valence-electron chi connectivity index (χ3n) is 13.8. The molecule has 1 aliphatic carbocycles. The summed E-state index contributed by atoms with van der Waals surface area (Å²) in [6.07, 6.45) is 6.09. The van der Waals surface area contributed by atoms with Crippen molar-refractivity contribution in [1.29, 1.82) is 0 Å². The topological polar surface area (TPSA) is 99.5 Å². The average Bonchev–Trinajstić information content (AvgIpc) is 3.52. The lowest BCUT2D eigenvalue weighted by atomic mass is 9.58. The molecule has 2 N–H and O–H groups in total. The van der Waals surface area contributed by atoms with E-state index in [1.807, 2.05) is 30.3 Å². The quantitative estimate of drug-likeness (QED) is 0.0801. The van der Waals surface area contributed by atoms with Gasteiger partial charge in [0.25, 0.3) is 8.32 Å². The summed E-state index contributed by atoms with van der Waals surface area (Å²) in [5, 5.41) is 23.4. The van der Waals surface area contributed by atoms with E-state index < -0.39 is 33.4 Å². The van der Waals surface area contributed by atoms with Crippen LogP contribution < -0.4 is 10.4 Å². The Morgan fingerprint density at radius 3 is 2.05 bits per heavy atom. The van der Waals surface area contributed by atoms with Crippen molar-refractivity contribution < 1.29 is 28.8 Å². The van der Waals surface area contributed by atoms with Gasteiger partial charge in [-0.1, -0.05) is 142 Å². The van der Waals surface area contributed by atoms with Crippen molar-refractivity contribution in [3.8, 4) is 5.75 Å². The monoisotopic (exact) mass is 836 g/mol. The molecule has 0 saturated carbocycles. The Morgan fingerprint density at radius 2 is 1.46 bits per heavy atom. The zero-order chi connectivity index (χ0) is 42.7. The van der Waals surface area contributed by atoms with Gasteiger partial charge >= 0.3 is 7.12 Å². The predicted molar refractivity (Wildman–Crippen MR) is 246 cm³/mol. The molecule has 4 aromatic carbocycles. The number of hydrogen-bond acceptors (Lipinski definition) is 7. The number of rotatable bonds is 13. The summed E-state index contributed by atoms with van der Waals surface area (Å²) in [7, 11) is -4.03. The fourth-order valence-electron chi connectivity index (χ4n) is 10.9. The molecule has 0 spiro atoms. The van der Waals surface area contributed by atoms with Crippen molar-refractivity contribution in [2.75, 3.05) is 19.7 Å². The standard InChI is InChI=1S/C51H61BN2O6Si/c1-5-36(31-37-21-24-41(55)25-22-37)23-26-46-47-39(35-59-61(51(2,3)4,42-17-11-7-12-18-42)43-19-13-8-14-20-43)32-44-48(45(47)33-52(58)60-46)50(57)54(49(44)56)40-27-29-53(30-28-40)34-38-15-9-6-10-16-38/h6-22,24-25,31,40,44-46,48,55,58H,5,23,26-30,32-35H2,1-4H3/b36-31+/t44-,45+,46-,48-/m1/s1. The number of phenolic OH excluding ortho intramolecular Hbond substituents is 1. The van der Waals surface area contributed by atoms with Crippen LogP contribution in [0.15, 0.2) is 132 Å². The highest BCUT2D eigenvalue weighted by Gasteiger charge is 2.59. The third-order valence-corrected chi connectivity index (χ3v) is 18.8. The Kier molecular flexibility index (Phi) is 13.0. The highest BCUT2D eigenvalue weighted by atomic mass is 28.4. The second kappa shape index (κ2) is 18.4. The van der Waals surface area contributed by atoms with Crippen LogP contribution >= 0.6 is 0 Å². The van der Waals surface area contributed by atoms with E-state index in [1.165, 1.54) is 21.5 Å². The van der Waals surface area contributed by atoms with Gasteiger partial charge in [-0.2, -0.15) is 0 Å². The summed E-state index contributed by atoms with van der Waals surface area (Å²) >= 11 is 0. The van der Waals surface area contributed by atoms with Crippen LogP contribution in [-0.4, -0.2) is 79.0 Å². The number of likely N-dealkylation sites (tertiary alicyclic amines) is 2. The van der Waals surface area contributed by atoms with E-state index in [2.05, 4.69) is 111 Å². The lowest BCUT2D eigenvalue weighted by Crippen LogP contribution is -2.66. The van der Waals surface area contributed by atoms with E-state index in [0.717, 1.165) is 62.0 Å². The predicted octanol–water partition coefficient (Wildman–Crippen LogP) is 8.00. The number of fused-ring (bicyclic) bond motifs is 3. The Morgan fingerprint density at radius 1 is 0.852 bits per heavy atom. The second-order valence-corrected chi connectivity index (χ2v) is 22.9. The van der Waals surface area contributed by atoms with Gasteiger partial charge in [0, 0.05) is 25.7 Å². The summed E-state index contributed by atoms with van der Waals surface area (Å²) in [5.41, 5.74) is 5.59. The van der Waals surface area contributed by atoms with Crippen molar-refractivity contribution in [1.82, 2.24) is 9.80 Å². The van der Waals surface area contributed by atoms with Crippen LogP contribution in [0, 0.1) is 17.8 Å². The van der Waals surface area contributed by atoms with E-state index in [-0.39, 0.29) is 40.9 Å². The number of allylic oxidation sites excluding steroid dienone is 1. The molecule has 0 unspecified atom stereocenters. The lowest BCUT2D eigenvalue weighted by Gasteiger charge is -2.46. The van der Waals surface area contributed by atoms with Crippen molar-refractivity contribution >= 4 is 43.7 Å². The van der Waals surface area contributed by atoms with Crippen molar-refractivity contribution in [2.45, 2.75) is 96.3 Å². The van der Waals surface area contributed by atoms with E-state index in [4.69, 9.17) is 9.08 Å². The van der Waals surface area contributed by atoms with Crippen molar-refractivity contribution in [2.24, 2.45) is 17.8 Å². The highest BCUT2D eigenvalue weighted by Crippen LogP contribution is 2.52. The molecule has 0 aromatic heterocycles. The molecule has 3 heterocycles. The van der Waals surface area contributed by atoms with E-state index in [9.17, 15) is 19.7 Å². The van der Waals surface area contributed by atoms with Crippen LogP contribution in [0.4, 0.5) is 0 Å². The smallest absolute Gasteiger partial charge is 0.455 e. The minimum absolute atomic E-state index is 0.0684. The Balaban J connectivity index is 1.13. The van der Waals surface area contributed by atoms with E-state index in [0.29, 0.717) is 19.4 Å². The minimum Gasteiger partial charge on any atom is -0.508 e. The molecule has 10 heteroatoms. The number of piperidine rings is 1. The normalized spacial score (nSPS) is 23.1. The second-order valence-electron chi connectivity index (χ2n) is 18.6. The van der Waals surface area contributed by atoms with Gasteiger partial charge in [0.05, 0.1) is 24.5 Å². The van der Waals surface area contributed by atoms with Crippen LogP contribution in [0.2, 0.25) is 11.4 Å². The first-order valence-corrected chi connectivity index (χ1v) is 24.3. The maximum atomic E-state index is 14.9. The van der Waals surface area contributed by atoms with Gasteiger partial charge in [0.15, 0.2) is 0 Å². The van der Waals surface area contributed by atoms with Crippen molar-refractivity contribution in [3.05, 3.63) is 143 Å². The molecule has 4 aliphatic rings. The van der Waals surface area contributed by atoms with Crippen molar-refractivity contribution in [3.63, 3.8) is 0 Å². The van der Waals surface area contributed by atoms with Gasteiger partial charge in [-0.25, -0.2) is 0 Å². The van der Waals surface area contributed by atoms with Gasteiger partial charge in [0.2, 0.25) is 11.8 Å². The van der Waals surface area contributed by atoms with Gasteiger partial charge in [-0.15, -0.1) is 0 Å². The molecular formula is C51H61BN2O6Si. The molecule has 0 bridgehead atoms. The number of phenols is 1. The van der Waals surface area contributed by atoms with Crippen LogP contribution in [0.3, 0.4) is 0 Å². The lowest BCUT2D eigenvalue weighted by molar-refractivity contribution is -0.144. The SMILES string of the molecule is CC/C(=C\c1ccc(O)cc1)CC[C@H]1OB(O)C[C@H]2C1=C(CO[Si](c1ccccc1)(c1ccccc1)C(C)(C)C)C[C@H]1C(=O)N(C3CCN(Cc4ccccc4)CC3)C(=O)[C@H]12. The van der Waals surface area contributed by atoms with Crippen LogP contribution in [0.5, 0.6) is 5.75 Å². The Labute approximate surface area is 363 Å². The zero-order valence-corrected chi connectivity index (χ0v) is 37.2. The number of aromatic hydroxyl groups is 1. The van der Waals surface area contributed by atoms with Crippen LogP contribution in [-0.2, 0) is 25.2 Å². The van der Waals surface area contributed by atoms with Crippen LogP contribution in [0.25, 0.3) is 6.08 Å². The van der Waals surface area contributed by atoms with E-state index in [1.54, 1.807) is 17.0 Å². The van der Waals surface area contributed by atoms with Crippen LogP contribution in [0.1, 0.15) is 77.3 Å². The third kappa shape index (κ3) is 8.89. The fraction of sp³-hybridized carbons (Fsp3) is 0.412. The molecule has 8 rings (SSSR count). The fourth-order valence-corrected chi connectivity index (χ4v) is 15.4. The Hall–Kier alpha value is -4.58. The largest absolute Gasteiger partial charge is 0.508 e. The summed E-state index contributed by atoms with van der Waals surface area (Å²) in [4.78, 5) is 33.7. The molecule has 0 radical (unpaired) electrons. The molecule has 4 atom stereocenters. The molecule has 3 fully saturated rings. The van der Waals surface area contributed by atoms with E-state index >= 15 is 0 Å². The Bertz CT molecular complexity index is 2160. The molecular weight excluding hydrogens is 775 g/mol. The summed E-state index contributed by atoms with van der Waals surface area (Å²) in [6, 6.07) is 38.8. The average molecular weight is 837 g/mol. The highest BCUT2D eigenvalue weighted by molar-refractivity contribution is 6.99. The number of hydrogen-bond donors (Lipinski definition) is 2. The molecule has 61 heavy (non-hydrogen) atoms. The first-order valence-electron chi connectivity index (χ1n) is 22.4. The van der Waals surface area contributed by atoms with Gasteiger partial charge in [0.1, 0.15) is 5.75 Å². The number of carbonyl (C=O) groups is 2. The first kappa shape index (κ1) is 43.1. The number of amides is 2. The maximum absolute atomic E-state index is 14.9. The molecule has 8 nitrogen and oxygen atoms in total. The minimum atomic E-state index is -2.97. The molecule has 3 saturated heterocycles.